The summed E-state index contributed by atoms with van der Waals surface area (Å²) in [6.45, 7) is 2.55. The van der Waals surface area contributed by atoms with Crippen LogP contribution in [0.5, 0.6) is 0 Å². The number of hydrogen-bond donors (Lipinski definition) is 2. The van der Waals surface area contributed by atoms with Crippen LogP contribution in [0.2, 0.25) is 0 Å². The number of anilines is 1. The number of rotatable bonds is 6. The molecule has 1 fully saturated rings. The summed E-state index contributed by atoms with van der Waals surface area (Å²) >= 11 is 0. The number of aromatic nitrogens is 3. The molecule has 110 valence electrons. The van der Waals surface area contributed by atoms with Gasteiger partial charge in [0.05, 0.1) is 19.0 Å². The van der Waals surface area contributed by atoms with Crippen molar-refractivity contribution in [1.29, 1.82) is 0 Å². The molecule has 0 unspecified atom stereocenters. The number of alkyl carbamates (subject to hydrolysis) is 1. The molecule has 1 aromatic rings. The van der Waals surface area contributed by atoms with E-state index >= 15 is 0 Å². The first-order chi connectivity index (χ1) is 9.78. The molecule has 2 rings (SSSR count). The highest BCUT2D eigenvalue weighted by Gasteiger charge is 2.26. The van der Waals surface area contributed by atoms with Crippen molar-refractivity contribution in [2.24, 2.45) is 0 Å². The van der Waals surface area contributed by atoms with Crippen molar-refractivity contribution in [3.63, 3.8) is 0 Å². The summed E-state index contributed by atoms with van der Waals surface area (Å²) in [4.78, 5) is 15.6. The predicted octanol–water partition coefficient (Wildman–Crippen LogP) is 1.73. The summed E-state index contributed by atoms with van der Waals surface area (Å²) in [6.07, 6.45) is 7.50. The molecule has 2 atom stereocenters. The summed E-state index contributed by atoms with van der Waals surface area (Å²) in [7, 11) is 0. The quantitative estimate of drug-likeness (QED) is 0.771. The second-order valence-electron chi connectivity index (χ2n) is 4.95. The molecule has 0 saturated heterocycles. The summed E-state index contributed by atoms with van der Waals surface area (Å²) in [6, 6.07) is 0.415. The van der Waals surface area contributed by atoms with Crippen LogP contribution in [0.3, 0.4) is 0 Å². The molecule has 20 heavy (non-hydrogen) atoms. The van der Waals surface area contributed by atoms with Crippen LogP contribution in [0, 0.1) is 0 Å². The normalized spacial score (nSPS) is 21.4. The second kappa shape index (κ2) is 7.62. The van der Waals surface area contributed by atoms with Crippen LogP contribution in [-0.2, 0) is 4.74 Å². The molecule has 0 aromatic carbocycles. The summed E-state index contributed by atoms with van der Waals surface area (Å²) in [5.41, 5.74) is 0. The first kappa shape index (κ1) is 14.5. The fraction of sp³-hybridized carbons (Fsp3) is 0.692. The van der Waals surface area contributed by atoms with Crippen molar-refractivity contribution in [3.05, 3.63) is 12.4 Å². The van der Waals surface area contributed by atoms with Crippen LogP contribution < -0.4 is 10.6 Å². The van der Waals surface area contributed by atoms with Gasteiger partial charge in [0.15, 0.2) is 0 Å². The van der Waals surface area contributed by atoms with E-state index in [0.717, 1.165) is 32.1 Å². The zero-order valence-electron chi connectivity index (χ0n) is 11.7. The molecule has 1 aliphatic rings. The molecule has 1 heterocycles. The molecule has 1 amide bonds. The Morgan fingerprint density at radius 3 is 3.00 bits per heavy atom. The number of amides is 1. The zero-order chi connectivity index (χ0) is 14.2. The minimum Gasteiger partial charge on any atom is -0.450 e. The number of nitrogens with zero attached hydrogens (tertiary/aromatic N) is 3. The van der Waals surface area contributed by atoms with Crippen LogP contribution in [0.1, 0.15) is 39.0 Å². The van der Waals surface area contributed by atoms with E-state index in [4.69, 9.17) is 4.74 Å². The second-order valence-corrected chi connectivity index (χ2v) is 4.95. The average Bonchev–Trinajstić information content (AvgIpc) is 2.87. The number of hydrogen-bond acceptors (Lipinski definition) is 6. The third-order valence-corrected chi connectivity index (χ3v) is 3.30. The first-order valence-electron chi connectivity index (χ1n) is 7.11. The summed E-state index contributed by atoms with van der Waals surface area (Å²) in [5.74, 6) is 0.531. The van der Waals surface area contributed by atoms with E-state index in [-0.39, 0.29) is 18.2 Å². The van der Waals surface area contributed by atoms with Crippen LogP contribution in [0.4, 0.5) is 10.7 Å². The van der Waals surface area contributed by atoms with Crippen molar-refractivity contribution in [2.75, 3.05) is 11.9 Å². The van der Waals surface area contributed by atoms with Gasteiger partial charge in [-0.1, -0.05) is 13.3 Å². The van der Waals surface area contributed by atoms with E-state index < -0.39 is 0 Å². The van der Waals surface area contributed by atoms with Crippen LogP contribution in [0.25, 0.3) is 0 Å². The number of unbranched alkanes of at least 4 members (excludes halogenated alkanes) is 1. The maximum atomic E-state index is 11.6. The highest BCUT2D eigenvalue weighted by molar-refractivity contribution is 5.67. The molecule has 0 bridgehead atoms. The third-order valence-electron chi connectivity index (χ3n) is 3.30. The lowest BCUT2D eigenvalue weighted by Gasteiger charge is -2.14. The van der Waals surface area contributed by atoms with Crippen LogP contribution >= 0.6 is 0 Å². The fourth-order valence-corrected chi connectivity index (χ4v) is 2.26. The third kappa shape index (κ3) is 4.64. The topological polar surface area (TPSA) is 89.0 Å². The largest absolute Gasteiger partial charge is 0.450 e. The van der Waals surface area contributed by atoms with Gasteiger partial charge in [0, 0.05) is 12.1 Å². The van der Waals surface area contributed by atoms with E-state index in [1.165, 1.54) is 6.20 Å². The predicted molar refractivity (Wildman–Crippen MR) is 74.3 cm³/mol. The van der Waals surface area contributed by atoms with Gasteiger partial charge >= 0.3 is 6.09 Å². The van der Waals surface area contributed by atoms with Gasteiger partial charge in [0.2, 0.25) is 5.95 Å². The molecule has 7 nitrogen and oxygen atoms in total. The summed E-state index contributed by atoms with van der Waals surface area (Å²) < 4.78 is 5.09. The minimum atomic E-state index is -0.318. The van der Waals surface area contributed by atoms with E-state index in [2.05, 4.69) is 32.7 Å². The number of carbonyl (C=O) groups excluding carboxylic acids is 1. The Bertz CT molecular complexity index is 414. The Balaban J connectivity index is 1.68. The van der Waals surface area contributed by atoms with Crippen molar-refractivity contribution >= 4 is 12.0 Å². The van der Waals surface area contributed by atoms with Crippen molar-refractivity contribution in [1.82, 2.24) is 20.5 Å². The fourth-order valence-electron chi connectivity index (χ4n) is 2.26. The van der Waals surface area contributed by atoms with Crippen molar-refractivity contribution < 1.29 is 9.53 Å². The molecule has 1 aliphatic carbocycles. The molecule has 7 heteroatoms. The molecule has 0 spiro atoms. The van der Waals surface area contributed by atoms with Gasteiger partial charge in [-0.2, -0.15) is 5.10 Å². The molecular weight excluding hydrogens is 258 g/mol. The monoisotopic (exact) mass is 279 g/mol. The number of carbonyl (C=O) groups is 1. The Hall–Kier alpha value is -1.92. The van der Waals surface area contributed by atoms with E-state index in [9.17, 15) is 4.79 Å². The number of ether oxygens (including phenoxy) is 1. The van der Waals surface area contributed by atoms with E-state index in [0.29, 0.717) is 12.6 Å². The van der Waals surface area contributed by atoms with Gasteiger partial charge in [-0.25, -0.2) is 9.78 Å². The zero-order valence-corrected chi connectivity index (χ0v) is 11.7. The molecule has 0 radical (unpaired) electrons. The SMILES string of the molecule is CCCCOC(=O)N[C@H]1CC[C@H](Nc2nccnn2)C1. The van der Waals surface area contributed by atoms with Crippen LogP contribution in [0.15, 0.2) is 12.4 Å². The molecule has 1 saturated carbocycles. The summed E-state index contributed by atoms with van der Waals surface area (Å²) in [5, 5.41) is 13.8. The van der Waals surface area contributed by atoms with E-state index in [1.54, 1.807) is 6.20 Å². The standard InChI is InChI=1S/C13H21N5O2/c1-2-3-8-20-13(19)17-11-5-4-10(9-11)16-12-14-6-7-15-18-12/h6-7,10-11H,2-5,8-9H2,1H3,(H,17,19)(H,14,16,18)/t10-,11-/m0/s1. The lowest BCUT2D eigenvalue weighted by atomic mass is 10.2. The Labute approximate surface area is 118 Å². The van der Waals surface area contributed by atoms with Gasteiger partial charge in [-0.15, -0.1) is 5.10 Å². The maximum Gasteiger partial charge on any atom is 0.407 e. The van der Waals surface area contributed by atoms with Gasteiger partial charge in [-0.3, -0.25) is 0 Å². The smallest absolute Gasteiger partial charge is 0.407 e. The molecule has 2 N–H and O–H groups in total. The van der Waals surface area contributed by atoms with Gasteiger partial charge in [-0.05, 0) is 25.7 Å². The highest BCUT2D eigenvalue weighted by Crippen LogP contribution is 2.21. The van der Waals surface area contributed by atoms with Gasteiger partial charge < -0.3 is 15.4 Å². The molecule has 1 aromatic heterocycles. The number of nitrogens with one attached hydrogen (secondary N) is 2. The lowest BCUT2D eigenvalue weighted by Crippen LogP contribution is -2.34. The average molecular weight is 279 g/mol. The minimum absolute atomic E-state index is 0.151. The van der Waals surface area contributed by atoms with E-state index in [1.807, 2.05) is 0 Å². The Morgan fingerprint density at radius 1 is 1.40 bits per heavy atom. The van der Waals surface area contributed by atoms with Crippen LogP contribution in [-0.4, -0.2) is 40.0 Å². The first-order valence-corrected chi connectivity index (χ1v) is 7.11. The maximum absolute atomic E-state index is 11.6. The highest BCUT2D eigenvalue weighted by atomic mass is 16.5. The van der Waals surface area contributed by atoms with Gasteiger partial charge in [0.1, 0.15) is 0 Å². The molecular formula is C13H21N5O2. The van der Waals surface area contributed by atoms with Crippen molar-refractivity contribution in [3.8, 4) is 0 Å². The molecule has 0 aliphatic heterocycles. The van der Waals surface area contributed by atoms with Gasteiger partial charge in [0.25, 0.3) is 0 Å². The van der Waals surface area contributed by atoms with Crippen molar-refractivity contribution in [2.45, 2.75) is 51.1 Å². The Morgan fingerprint density at radius 2 is 2.25 bits per heavy atom. The lowest BCUT2D eigenvalue weighted by molar-refractivity contribution is 0.140. The Kier molecular flexibility index (Phi) is 5.52.